The van der Waals surface area contributed by atoms with E-state index in [1.54, 1.807) is 19.2 Å². The molecule has 0 radical (unpaired) electrons. The highest BCUT2D eigenvalue weighted by Gasteiger charge is 2.27. The highest BCUT2D eigenvalue weighted by Crippen LogP contribution is 2.18. The van der Waals surface area contributed by atoms with Gasteiger partial charge in [-0.1, -0.05) is 12.1 Å². The first-order chi connectivity index (χ1) is 13.9. The lowest BCUT2D eigenvalue weighted by atomic mass is 9.97. The maximum Gasteiger partial charge on any atom is 0.309 e. The third-order valence-corrected chi connectivity index (χ3v) is 4.72. The van der Waals surface area contributed by atoms with Crippen molar-refractivity contribution in [2.75, 3.05) is 33.3 Å². The fraction of sp³-hybridized carbons (Fsp3) is 0.500. The highest BCUT2D eigenvalue weighted by molar-refractivity contribution is 5.96. The summed E-state index contributed by atoms with van der Waals surface area (Å²) in [6.45, 7) is 4.07. The second-order valence-corrected chi connectivity index (χ2v) is 6.76. The standard InChI is InChI=1S/C20H29N5O4/c1-3-29-19(28)16-8-10-25(11-9-16)20(22-2)24-12-14-4-6-15(7-5-14)18(27)23-13-17(21)26/h4-7,16H,3,8-13H2,1-2H3,(H2,21,26)(H,22,24)(H,23,27). The molecule has 0 spiro atoms. The Morgan fingerprint density at radius 1 is 1.17 bits per heavy atom. The molecule has 29 heavy (non-hydrogen) atoms. The number of ether oxygens (including phenoxy) is 1. The number of likely N-dealkylation sites (tertiary alicyclic amines) is 1. The summed E-state index contributed by atoms with van der Waals surface area (Å²) in [6.07, 6.45) is 1.49. The molecule has 0 unspecified atom stereocenters. The van der Waals surface area contributed by atoms with Gasteiger partial charge in [0.15, 0.2) is 5.96 Å². The van der Waals surface area contributed by atoms with Crippen LogP contribution in [0.5, 0.6) is 0 Å². The molecule has 0 saturated carbocycles. The minimum absolute atomic E-state index is 0.0439. The number of amides is 2. The van der Waals surface area contributed by atoms with Gasteiger partial charge in [0.1, 0.15) is 0 Å². The van der Waals surface area contributed by atoms with Gasteiger partial charge in [-0.2, -0.15) is 0 Å². The quantitative estimate of drug-likeness (QED) is 0.340. The first-order valence-electron chi connectivity index (χ1n) is 9.72. The summed E-state index contributed by atoms with van der Waals surface area (Å²) in [5.41, 5.74) is 6.47. The van der Waals surface area contributed by atoms with Crippen molar-refractivity contribution in [1.82, 2.24) is 15.5 Å². The van der Waals surface area contributed by atoms with Crippen molar-refractivity contribution < 1.29 is 19.1 Å². The van der Waals surface area contributed by atoms with Crippen LogP contribution in [0, 0.1) is 5.92 Å². The molecule has 1 aliphatic rings. The van der Waals surface area contributed by atoms with Crippen molar-refractivity contribution in [3.63, 3.8) is 0 Å². The molecule has 2 rings (SSSR count). The minimum Gasteiger partial charge on any atom is -0.466 e. The molecule has 158 valence electrons. The van der Waals surface area contributed by atoms with Gasteiger partial charge in [0.2, 0.25) is 5.91 Å². The number of aliphatic imine (C=N–C) groups is 1. The van der Waals surface area contributed by atoms with Crippen LogP contribution in [0.4, 0.5) is 0 Å². The van der Waals surface area contributed by atoms with E-state index in [0.717, 1.165) is 37.5 Å². The van der Waals surface area contributed by atoms with E-state index in [4.69, 9.17) is 10.5 Å². The van der Waals surface area contributed by atoms with Gasteiger partial charge in [0.25, 0.3) is 5.91 Å². The Balaban J connectivity index is 1.83. The summed E-state index contributed by atoms with van der Waals surface area (Å²) < 4.78 is 5.11. The Bertz CT molecular complexity index is 740. The summed E-state index contributed by atoms with van der Waals surface area (Å²) in [6, 6.07) is 7.07. The molecule has 1 saturated heterocycles. The van der Waals surface area contributed by atoms with E-state index >= 15 is 0 Å². The Morgan fingerprint density at radius 2 is 1.83 bits per heavy atom. The van der Waals surface area contributed by atoms with E-state index in [-0.39, 0.29) is 24.3 Å². The molecule has 1 fully saturated rings. The van der Waals surface area contributed by atoms with E-state index < -0.39 is 5.91 Å². The maximum atomic E-state index is 11.9. The number of hydrogen-bond donors (Lipinski definition) is 3. The maximum absolute atomic E-state index is 11.9. The molecule has 0 aromatic heterocycles. The second kappa shape index (κ2) is 11.0. The van der Waals surface area contributed by atoms with E-state index in [1.165, 1.54) is 0 Å². The number of primary amides is 1. The van der Waals surface area contributed by atoms with Gasteiger partial charge >= 0.3 is 5.97 Å². The number of guanidine groups is 1. The van der Waals surface area contributed by atoms with Crippen molar-refractivity contribution in [1.29, 1.82) is 0 Å². The molecule has 9 nitrogen and oxygen atoms in total. The molecule has 1 heterocycles. The molecule has 1 aliphatic heterocycles. The second-order valence-electron chi connectivity index (χ2n) is 6.76. The summed E-state index contributed by atoms with van der Waals surface area (Å²) in [5, 5.41) is 5.76. The van der Waals surface area contributed by atoms with Crippen LogP contribution in [-0.4, -0.2) is 61.9 Å². The third-order valence-electron chi connectivity index (χ3n) is 4.72. The number of hydrogen-bond acceptors (Lipinski definition) is 5. The summed E-state index contributed by atoms with van der Waals surface area (Å²) in [5.74, 6) is -0.316. The van der Waals surface area contributed by atoms with Crippen LogP contribution in [0.2, 0.25) is 0 Å². The molecule has 0 aliphatic carbocycles. The van der Waals surface area contributed by atoms with Gasteiger partial charge in [-0.05, 0) is 37.5 Å². The number of esters is 1. The van der Waals surface area contributed by atoms with Crippen LogP contribution in [-0.2, 0) is 20.9 Å². The van der Waals surface area contributed by atoms with E-state index in [9.17, 15) is 14.4 Å². The Hall–Kier alpha value is -3.10. The van der Waals surface area contributed by atoms with Crippen molar-refractivity contribution in [3.8, 4) is 0 Å². The molecule has 0 bridgehead atoms. The van der Waals surface area contributed by atoms with E-state index in [1.807, 2.05) is 19.1 Å². The molecular formula is C20H29N5O4. The number of nitrogens with one attached hydrogen (secondary N) is 2. The summed E-state index contributed by atoms with van der Waals surface area (Å²) in [4.78, 5) is 41.0. The predicted octanol–water partition coefficient (Wildman–Crippen LogP) is 0.252. The Kier molecular flexibility index (Phi) is 8.45. The molecule has 9 heteroatoms. The summed E-state index contributed by atoms with van der Waals surface area (Å²) in [7, 11) is 1.73. The average molecular weight is 403 g/mol. The lowest BCUT2D eigenvalue weighted by Gasteiger charge is -2.33. The van der Waals surface area contributed by atoms with Gasteiger partial charge < -0.3 is 26.0 Å². The number of nitrogens with zero attached hydrogens (tertiary/aromatic N) is 2. The van der Waals surface area contributed by atoms with Crippen LogP contribution in [0.15, 0.2) is 29.3 Å². The number of carbonyl (C=O) groups excluding carboxylic acids is 3. The first kappa shape index (κ1) is 22.2. The van der Waals surface area contributed by atoms with Gasteiger partial charge in [-0.15, -0.1) is 0 Å². The zero-order valence-electron chi connectivity index (χ0n) is 16.9. The number of benzene rings is 1. The number of carbonyl (C=O) groups is 3. The molecule has 1 aromatic rings. The van der Waals surface area contributed by atoms with Crippen molar-refractivity contribution >= 4 is 23.7 Å². The van der Waals surface area contributed by atoms with Gasteiger partial charge in [0, 0.05) is 32.2 Å². The highest BCUT2D eigenvalue weighted by atomic mass is 16.5. The van der Waals surface area contributed by atoms with Crippen molar-refractivity contribution in [2.45, 2.75) is 26.3 Å². The van der Waals surface area contributed by atoms with Crippen LogP contribution >= 0.6 is 0 Å². The van der Waals surface area contributed by atoms with Crippen LogP contribution in [0.25, 0.3) is 0 Å². The van der Waals surface area contributed by atoms with Crippen LogP contribution in [0.3, 0.4) is 0 Å². The third kappa shape index (κ3) is 6.78. The lowest BCUT2D eigenvalue weighted by molar-refractivity contribution is -0.149. The molecule has 1 aromatic carbocycles. The molecular weight excluding hydrogens is 374 g/mol. The Morgan fingerprint density at radius 3 is 2.38 bits per heavy atom. The summed E-state index contributed by atoms with van der Waals surface area (Å²) >= 11 is 0. The lowest BCUT2D eigenvalue weighted by Crippen LogP contribution is -2.46. The van der Waals surface area contributed by atoms with Crippen LogP contribution < -0.4 is 16.4 Å². The largest absolute Gasteiger partial charge is 0.466 e. The smallest absolute Gasteiger partial charge is 0.309 e. The number of nitrogens with two attached hydrogens (primary N) is 1. The first-order valence-corrected chi connectivity index (χ1v) is 9.72. The SMILES string of the molecule is CCOC(=O)C1CCN(C(=NC)NCc2ccc(C(=O)NCC(N)=O)cc2)CC1. The van der Waals surface area contributed by atoms with Gasteiger partial charge in [-0.25, -0.2) is 0 Å². The fourth-order valence-electron chi connectivity index (χ4n) is 3.14. The predicted molar refractivity (Wildman–Crippen MR) is 109 cm³/mol. The van der Waals surface area contributed by atoms with Crippen LogP contribution in [0.1, 0.15) is 35.7 Å². The van der Waals surface area contributed by atoms with Gasteiger partial charge in [0.05, 0.1) is 19.1 Å². The topological polar surface area (TPSA) is 126 Å². The molecule has 4 N–H and O–H groups in total. The minimum atomic E-state index is -0.586. The monoisotopic (exact) mass is 403 g/mol. The normalized spacial score (nSPS) is 15.0. The zero-order valence-corrected chi connectivity index (χ0v) is 16.9. The number of piperidine rings is 1. The van der Waals surface area contributed by atoms with E-state index in [0.29, 0.717) is 18.7 Å². The Labute approximate surface area is 170 Å². The average Bonchev–Trinajstić information content (AvgIpc) is 2.73. The molecule has 2 amide bonds. The van der Waals surface area contributed by atoms with E-state index in [2.05, 4.69) is 20.5 Å². The number of rotatable bonds is 7. The van der Waals surface area contributed by atoms with Crippen molar-refractivity contribution in [3.05, 3.63) is 35.4 Å². The zero-order chi connectivity index (χ0) is 21.2. The van der Waals surface area contributed by atoms with Crippen molar-refractivity contribution in [2.24, 2.45) is 16.6 Å². The van der Waals surface area contributed by atoms with Gasteiger partial charge in [-0.3, -0.25) is 19.4 Å². The fourth-order valence-corrected chi connectivity index (χ4v) is 3.14. The molecule has 0 atom stereocenters.